The molecule has 0 radical (unpaired) electrons. The lowest BCUT2D eigenvalue weighted by atomic mass is 9.92. The van der Waals surface area contributed by atoms with Crippen LogP contribution in [0.5, 0.6) is 0 Å². The van der Waals surface area contributed by atoms with E-state index in [1.807, 2.05) is 0 Å². The third-order valence-electron chi connectivity index (χ3n) is 5.33. The van der Waals surface area contributed by atoms with Crippen molar-refractivity contribution in [1.82, 2.24) is 19.7 Å². The van der Waals surface area contributed by atoms with E-state index in [2.05, 4.69) is 15.4 Å². The summed E-state index contributed by atoms with van der Waals surface area (Å²) in [5.74, 6) is -1.72. The molecule has 1 fully saturated rings. The lowest BCUT2D eigenvalue weighted by molar-refractivity contribution is 0.116. The summed E-state index contributed by atoms with van der Waals surface area (Å²) in [6.45, 7) is 0.957. The number of piperidine rings is 1. The molecular weight excluding hydrogens is 442 g/mol. The first kappa shape index (κ1) is 23.0. The topological polar surface area (TPSA) is 97.2 Å². The Morgan fingerprint density at radius 1 is 1.29 bits per heavy atom. The molecule has 1 saturated heterocycles. The van der Waals surface area contributed by atoms with Crippen molar-refractivity contribution >= 4 is 21.6 Å². The van der Waals surface area contributed by atoms with Crippen molar-refractivity contribution in [2.75, 3.05) is 18.4 Å². The zero-order chi connectivity index (χ0) is 23.0. The molecule has 8 nitrogen and oxygen atoms in total. The highest BCUT2D eigenvalue weighted by molar-refractivity contribution is 7.92. The van der Waals surface area contributed by atoms with E-state index in [1.165, 1.54) is 18.0 Å². The third-order valence-corrected chi connectivity index (χ3v) is 7.61. The lowest BCUT2D eigenvalue weighted by Crippen LogP contribution is -2.48. The van der Waals surface area contributed by atoms with Gasteiger partial charge in [0.25, 0.3) is 6.43 Å². The van der Waals surface area contributed by atoms with E-state index in [-0.39, 0.29) is 31.6 Å². The van der Waals surface area contributed by atoms with Gasteiger partial charge in [0.05, 0.1) is 11.9 Å². The fraction of sp³-hybridized carbons (Fsp3) is 0.500. The van der Waals surface area contributed by atoms with Crippen molar-refractivity contribution in [2.24, 2.45) is 13.0 Å². The van der Waals surface area contributed by atoms with Gasteiger partial charge in [-0.1, -0.05) is 0 Å². The molecule has 1 atom stereocenters. The van der Waals surface area contributed by atoms with Gasteiger partial charge in [0.15, 0.2) is 0 Å². The summed E-state index contributed by atoms with van der Waals surface area (Å²) in [5, 5.41) is 3.14. The van der Waals surface area contributed by atoms with Gasteiger partial charge in [-0.05, 0) is 31.9 Å². The van der Waals surface area contributed by atoms with Crippen LogP contribution in [0.2, 0.25) is 0 Å². The second kappa shape index (κ2) is 8.44. The number of carbonyl (C=O) groups is 1. The Morgan fingerprint density at radius 3 is 2.48 bits per heavy atom. The molecule has 2 aromatic heterocycles. The van der Waals surface area contributed by atoms with E-state index in [0.717, 1.165) is 30.1 Å². The summed E-state index contributed by atoms with van der Waals surface area (Å²) in [5.41, 5.74) is -0.723. The fourth-order valence-electron chi connectivity index (χ4n) is 3.53. The Balaban J connectivity index is 1.70. The highest BCUT2D eigenvalue weighted by atomic mass is 32.2. The Morgan fingerprint density at radius 2 is 1.94 bits per heavy atom. The average Bonchev–Trinajstić information content (AvgIpc) is 3.12. The molecule has 31 heavy (non-hydrogen) atoms. The van der Waals surface area contributed by atoms with E-state index >= 15 is 4.39 Å². The molecule has 1 N–H and O–H groups in total. The van der Waals surface area contributed by atoms with Crippen molar-refractivity contribution < 1.29 is 30.8 Å². The SMILES string of the molecule is Cn1cc(S(=O)(=O)[C@](C)(F)C2CCN(C(=O)Nc3ccc(F)nc3)CC2)c(C(F)F)n1. The molecule has 170 valence electrons. The number of hydrogen-bond acceptors (Lipinski definition) is 5. The second-order valence-corrected chi connectivity index (χ2v) is 9.65. The summed E-state index contributed by atoms with van der Waals surface area (Å²) >= 11 is 0. The molecule has 3 heterocycles. The first-order chi connectivity index (χ1) is 14.4. The Kier molecular flexibility index (Phi) is 6.25. The van der Waals surface area contributed by atoms with Gasteiger partial charge in [0.2, 0.25) is 20.8 Å². The normalized spacial score (nSPS) is 17.6. The number of amides is 2. The summed E-state index contributed by atoms with van der Waals surface area (Å²) in [7, 11) is -3.50. The number of anilines is 1. The summed E-state index contributed by atoms with van der Waals surface area (Å²) in [6, 6.07) is 1.88. The number of nitrogens with one attached hydrogen (secondary N) is 1. The molecular formula is C18H21F4N5O3S. The molecule has 1 aliphatic rings. The molecule has 3 rings (SSSR count). The fourth-order valence-corrected chi connectivity index (χ4v) is 5.33. The van der Waals surface area contributed by atoms with Crippen molar-refractivity contribution in [2.45, 2.75) is 36.1 Å². The summed E-state index contributed by atoms with van der Waals surface area (Å²) in [4.78, 5) is 16.3. The Bertz CT molecular complexity index is 1050. The minimum atomic E-state index is -4.78. The average molecular weight is 463 g/mol. The van der Waals surface area contributed by atoms with Crippen molar-refractivity contribution in [3.63, 3.8) is 0 Å². The minimum absolute atomic E-state index is 0.00555. The summed E-state index contributed by atoms with van der Waals surface area (Å²) in [6.07, 6.45) is -1.15. The zero-order valence-corrected chi connectivity index (χ0v) is 17.5. The van der Waals surface area contributed by atoms with Gasteiger partial charge in [-0.3, -0.25) is 4.68 Å². The predicted octanol–water partition coefficient (Wildman–Crippen LogP) is 3.30. The lowest BCUT2D eigenvalue weighted by Gasteiger charge is -2.37. The van der Waals surface area contributed by atoms with Crippen LogP contribution in [0.15, 0.2) is 29.4 Å². The number of sulfone groups is 1. The van der Waals surface area contributed by atoms with Gasteiger partial charge in [-0.15, -0.1) is 0 Å². The molecule has 1 aliphatic heterocycles. The van der Waals surface area contributed by atoms with Crippen molar-refractivity contribution in [3.8, 4) is 0 Å². The van der Waals surface area contributed by atoms with Crippen LogP contribution in [0.4, 0.5) is 28.0 Å². The Hall–Kier alpha value is -2.70. The molecule has 0 spiro atoms. The Labute approximate surface area is 176 Å². The number of pyridine rings is 1. The van der Waals surface area contributed by atoms with Gasteiger partial charge in [-0.25, -0.2) is 31.4 Å². The van der Waals surface area contributed by atoms with Crippen molar-refractivity contribution in [3.05, 3.63) is 36.2 Å². The smallest absolute Gasteiger partial charge is 0.321 e. The third kappa shape index (κ3) is 4.50. The number of urea groups is 1. The van der Waals surface area contributed by atoms with Crippen LogP contribution in [-0.2, 0) is 16.9 Å². The van der Waals surface area contributed by atoms with E-state index in [0.29, 0.717) is 0 Å². The molecule has 2 amide bonds. The van der Waals surface area contributed by atoms with Crippen LogP contribution in [0.1, 0.15) is 31.9 Å². The van der Waals surface area contributed by atoms with Crippen LogP contribution < -0.4 is 5.32 Å². The zero-order valence-electron chi connectivity index (χ0n) is 16.7. The quantitative estimate of drug-likeness (QED) is 0.542. The van der Waals surface area contributed by atoms with Crippen molar-refractivity contribution in [1.29, 1.82) is 0 Å². The molecule has 0 saturated carbocycles. The molecule has 0 aromatic carbocycles. The monoisotopic (exact) mass is 463 g/mol. The van der Waals surface area contributed by atoms with E-state index in [4.69, 9.17) is 0 Å². The van der Waals surface area contributed by atoms with Gasteiger partial charge >= 0.3 is 6.03 Å². The van der Waals surface area contributed by atoms with Gasteiger partial charge in [0.1, 0.15) is 10.6 Å². The van der Waals surface area contributed by atoms with Gasteiger partial charge in [0, 0.05) is 32.3 Å². The minimum Gasteiger partial charge on any atom is -0.325 e. The van der Waals surface area contributed by atoms with Crippen LogP contribution in [-0.4, -0.2) is 52.2 Å². The number of alkyl halides is 3. The second-order valence-electron chi connectivity index (χ2n) is 7.40. The van der Waals surface area contributed by atoms with E-state index in [1.54, 1.807) is 0 Å². The highest BCUT2D eigenvalue weighted by Crippen LogP contribution is 2.41. The van der Waals surface area contributed by atoms with E-state index in [9.17, 15) is 26.4 Å². The maximum Gasteiger partial charge on any atom is 0.321 e. The number of aryl methyl sites for hydroxylation is 1. The maximum atomic E-state index is 15.6. The number of aromatic nitrogens is 3. The van der Waals surface area contributed by atoms with Crippen LogP contribution in [0.3, 0.4) is 0 Å². The number of hydrogen-bond donors (Lipinski definition) is 1. The largest absolute Gasteiger partial charge is 0.325 e. The molecule has 13 heteroatoms. The van der Waals surface area contributed by atoms with Gasteiger partial charge < -0.3 is 10.2 Å². The first-order valence-electron chi connectivity index (χ1n) is 9.36. The number of halogens is 4. The molecule has 0 unspecified atom stereocenters. The number of carbonyl (C=O) groups excluding carboxylic acids is 1. The number of likely N-dealkylation sites (tertiary alicyclic amines) is 1. The maximum absolute atomic E-state index is 15.6. The van der Waals surface area contributed by atoms with Crippen LogP contribution in [0, 0.1) is 11.9 Å². The van der Waals surface area contributed by atoms with E-state index < -0.39 is 49.7 Å². The highest BCUT2D eigenvalue weighted by Gasteiger charge is 2.50. The van der Waals surface area contributed by atoms with Gasteiger partial charge in [-0.2, -0.15) is 9.49 Å². The standard InChI is InChI=1S/C18H21F4N5O3S/c1-18(22,31(29,30)13-10-26(2)25-15(13)16(20)21)11-5-7-27(8-6-11)17(28)24-12-3-4-14(19)23-9-12/h3-4,9-11,16H,5-8H2,1-2H3,(H,24,28)/t18-/m0/s1. The van der Waals surface area contributed by atoms with Crippen LogP contribution in [0.25, 0.3) is 0 Å². The number of nitrogens with zero attached hydrogens (tertiary/aromatic N) is 4. The molecule has 2 aromatic rings. The first-order valence-corrected chi connectivity index (χ1v) is 10.8. The predicted molar refractivity (Wildman–Crippen MR) is 102 cm³/mol. The molecule has 0 aliphatic carbocycles. The van der Waals surface area contributed by atoms with Crippen LogP contribution >= 0.6 is 0 Å². The number of rotatable bonds is 5. The summed E-state index contributed by atoms with van der Waals surface area (Å²) < 4.78 is 81.5. The molecule has 0 bridgehead atoms.